The van der Waals surface area contributed by atoms with Crippen molar-refractivity contribution in [3.63, 3.8) is 0 Å². The molecule has 130 valence electrons. The average molecular weight is 334 g/mol. The summed E-state index contributed by atoms with van der Waals surface area (Å²) in [7, 11) is 0. The summed E-state index contributed by atoms with van der Waals surface area (Å²) < 4.78 is 5.66. The number of nitro groups is 1. The highest BCUT2D eigenvalue weighted by atomic mass is 16.6. The molecule has 2 aliphatic rings. The first-order chi connectivity index (χ1) is 11.6. The Morgan fingerprint density at radius 1 is 1.29 bits per heavy atom. The quantitative estimate of drug-likeness (QED) is 0.604. The summed E-state index contributed by atoms with van der Waals surface area (Å²) in [6.07, 6.45) is 3.60. The molecule has 3 rings (SSSR count). The number of rotatable bonds is 5. The zero-order valence-corrected chi connectivity index (χ0v) is 13.8. The van der Waals surface area contributed by atoms with E-state index in [0.29, 0.717) is 18.7 Å². The van der Waals surface area contributed by atoms with Gasteiger partial charge < -0.3 is 19.8 Å². The van der Waals surface area contributed by atoms with Crippen molar-refractivity contribution >= 4 is 17.5 Å². The Kier molecular flexibility index (Phi) is 4.94. The maximum atomic E-state index is 12.6. The molecule has 24 heavy (non-hydrogen) atoms. The Hall–Kier alpha value is -2.22. The third-order valence-electron chi connectivity index (χ3n) is 4.54. The summed E-state index contributed by atoms with van der Waals surface area (Å²) in [5, 5.41) is 11.0. The lowest BCUT2D eigenvalue weighted by molar-refractivity contribution is -0.389. The Morgan fingerprint density at radius 3 is 2.71 bits per heavy atom. The normalized spacial score (nSPS) is 21.3. The van der Waals surface area contributed by atoms with Crippen LogP contribution in [0.25, 0.3) is 0 Å². The molecule has 1 amide bonds. The summed E-state index contributed by atoms with van der Waals surface area (Å²) in [6.45, 7) is 5.16. The zero-order chi connectivity index (χ0) is 17.1. The molecule has 8 nitrogen and oxygen atoms in total. The molecule has 0 aromatic carbocycles. The second-order valence-corrected chi connectivity index (χ2v) is 6.16. The van der Waals surface area contributed by atoms with Crippen molar-refractivity contribution in [2.75, 3.05) is 31.1 Å². The smallest absolute Gasteiger partial charge is 0.366 e. The van der Waals surface area contributed by atoms with Crippen molar-refractivity contribution in [2.24, 2.45) is 0 Å². The summed E-state index contributed by atoms with van der Waals surface area (Å²) in [4.78, 5) is 31.0. The zero-order valence-electron chi connectivity index (χ0n) is 13.8. The van der Waals surface area contributed by atoms with Gasteiger partial charge >= 0.3 is 5.82 Å². The highest BCUT2D eigenvalue weighted by molar-refractivity contribution is 5.99. The van der Waals surface area contributed by atoms with E-state index >= 15 is 0 Å². The molecule has 0 aliphatic carbocycles. The van der Waals surface area contributed by atoms with Gasteiger partial charge in [0.2, 0.25) is 0 Å². The van der Waals surface area contributed by atoms with Crippen LogP contribution >= 0.6 is 0 Å². The summed E-state index contributed by atoms with van der Waals surface area (Å²) >= 11 is 0. The van der Waals surface area contributed by atoms with Gasteiger partial charge in [-0.1, -0.05) is 13.3 Å². The first-order valence-corrected chi connectivity index (χ1v) is 8.46. The van der Waals surface area contributed by atoms with Crippen molar-refractivity contribution in [1.82, 2.24) is 9.88 Å². The molecule has 1 atom stereocenters. The van der Waals surface area contributed by atoms with Gasteiger partial charge in [0.05, 0.1) is 0 Å². The van der Waals surface area contributed by atoms with Gasteiger partial charge in [0, 0.05) is 19.2 Å². The second kappa shape index (κ2) is 7.12. The number of pyridine rings is 1. The van der Waals surface area contributed by atoms with Crippen LogP contribution in [0.15, 0.2) is 12.1 Å². The number of carbonyl (C=O) groups is 1. The molecule has 1 fully saturated rings. The van der Waals surface area contributed by atoms with Crippen LogP contribution in [0, 0.1) is 10.1 Å². The molecule has 1 unspecified atom stereocenters. The fourth-order valence-corrected chi connectivity index (χ4v) is 3.19. The molecule has 0 bridgehead atoms. The van der Waals surface area contributed by atoms with Gasteiger partial charge in [-0.2, -0.15) is 0 Å². The predicted octanol–water partition coefficient (Wildman–Crippen LogP) is 1.98. The van der Waals surface area contributed by atoms with Crippen molar-refractivity contribution in [3.05, 3.63) is 22.2 Å². The molecule has 0 saturated carbocycles. The fourth-order valence-electron chi connectivity index (χ4n) is 3.19. The molecular weight excluding hydrogens is 312 g/mol. The van der Waals surface area contributed by atoms with Gasteiger partial charge in [-0.25, -0.2) is 0 Å². The first kappa shape index (κ1) is 16.6. The number of carbonyl (C=O) groups excluding carboxylic acids is 1. The van der Waals surface area contributed by atoms with Crippen LogP contribution in [0.2, 0.25) is 0 Å². The standard InChI is InChI=1S/C16H22N4O4/c1-2-12-16(21)19(11-10-18-8-4-3-5-9-18)15-13(24-12)6-7-14(17-15)20(22)23/h6-7,12H,2-5,8-11H2,1H3. The lowest BCUT2D eigenvalue weighted by Crippen LogP contribution is -2.49. The number of nitrogens with zero attached hydrogens (tertiary/aromatic N) is 4. The van der Waals surface area contributed by atoms with Crippen LogP contribution in [0.5, 0.6) is 5.75 Å². The Labute approximate surface area is 140 Å². The van der Waals surface area contributed by atoms with E-state index in [1.54, 1.807) is 4.90 Å². The van der Waals surface area contributed by atoms with E-state index in [-0.39, 0.29) is 17.5 Å². The van der Waals surface area contributed by atoms with E-state index in [4.69, 9.17) is 4.74 Å². The molecule has 8 heteroatoms. The molecule has 0 radical (unpaired) electrons. The topological polar surface area (TPSA) is 88.8 Å². The van der Waals surface area contributed by atoms with Gasteiger partial charge in [0.25, 0.3) is 11.7 Å². The number of amides is 1. The van der Waals surface area contributed by atoms with Crippen molar-refractivity contribution in [1.29, 1.82) is 0 Å². The van der Waals surface area contributed by atoms with Crippen LogP contribution in [0.4, 0.5) is 11.6 Å². The maximum absolute atomic E-state index is 12.6. The van der Waals surface area contributed by atoms with Crippen molar-refractivity contribution in [2.45, 2.75) is 38.7 Å². The first-order valence-electron chi connectivity index (χ1n) is 8.46. The number of hydrogen-bond donors (Lipinski definition) is 0. The van der Waals surface area contributed by atoms with Crippen LogP contribution in [0.3, 0.4) is 0 Å². The minimum absolute atomic E-state index is 0.171. The van der Waals surface area contributed by atoms with E-state index in [9.17, 15) is 14.9 Å². The van der Waals surface area contributed by atoms with Crippen LogP contribution in [-0.2, 0) is 4.79 Å². The second-order valence-electron chi connectivity index (χ2n) is 6.16. The van der Waals surface area contributed by atoms with Crippen LogP contribution in [0.1, 0.15) is 32.6 Å². The molecule has 1 aromatic rings. The highest BCUT2D eigenvalue weighted by Crippen LogP contribution is 2.34. The number of ether oxygens (including phenoxy) is 1. The molecule has 2 aliphatic heterocycles. The minimum Gasteiger partial charge on any atom is -0.474 e. The van der Waals surface area contributed by atoms with Crippen LogP contribution in [-0.4, -0.2) is 53.0 Å². The predicted molar refractivity (Wildman–Crippen MR) is 88.2 cm³/mol. The number of anilines is 1. The number of fused-ring (bicyclic) bond motifs is 1. The molecule has 1 saturated heterocycles. The minimum atomic E-state index is -0.556. The molecule has 0 spiro atoms. The maximum Gasteiger partial charge on any atom is 0.366 e. The molecule has 3 heterocycles. The highest BCUT2D eigenvalue weighted by Gasteiger charge is 2.38. The summed E-state index contributed by atoms with van der Waals surface area (Å²) in [5.41, 5.74) is 0. The largest absolute Gasteiger partial charge is 0.474 e. The van der Waals surface area contributed by atoms with Gasteiger partial charge in [-0.3, -0.25) is 9.69 Å². The fraction of sp³-hybridized carbons (Fsp3) is 0.625. The van der Waals surface area contributed by atoms with E-state index in [1.165, 1.54) is 31.4 Å². The van der Waals surface area contributed by atoms with Crippen molar-refractivity contribution < 1.29 is 14.5 Å². The van der Waals surface area contributed by atoms with Crippen molar-refractivity contribution in [3.8, 4) is 5.75 Å². The summed E-state index contributed by atoms with van der Waals surface area (Å²) in [5.74, 6) is 0.250. The van der Waals surface area contributed by atoms with Crippen LogP contribution < -0.4 is 9.64 Å². The monoisotopic (exact) mass is 334 g/mol. The third-order valence-corrected chi connectivity index (χ3v) is 4.54. The molecule has 1 aromatic heterocycles. The summed E-state index contributed by atoms with van der Waals surface area (Å²) in [6, 6.07) is 2.84. The van der Waals surface area contributed by atoms with E-state index in [1.807, 2.05) is 6.92 Å². The lowest BCUT2D eigenvalue weighted by atomic mass is 10.1. The number of piperidine rings is 1. The Bertz CT molecular complexity index is 631. The molecular formula is C16H22N4O4. The van der Waals surface area contributed by atoms with E-state index in [0.717, 1.165) is 19.6 Å². The number of hydrogen-bond acceptors (Lipinski definition) is 6. The Balaban J connectivity index is 1.83. The average Bonchev–Trinajstić information content (AvgIpc) is 2.60. The van der Waals surface area contributed by atoms with Gasteiger partial charge in [-0.15, -0.1) is 0 Å². The number of aromatic nitrogens is 1. The lowest BCUT2D eigenvalue weighted by Gasteiger charge is -2.33. The van der Waals surface area contributed by atoms with E-state index < -0.39 is 11.0 Å². The Morgan fingerprint density at radius 2 is 2.04 bits per heavy atom. The number of likely N-dealkylation sites (tertiary alicyclic amines) is 1. The van der Waals surface area contributed by atoms with E-state index in [2.05, 4.69) is 9.88 Å². The molecule has 0 N–H and O–H groups in total. The third kappa shape index (κ3) is 3.33. The van der Waals surface area contributed by atoms with Gasteiger partial charge in [0.15, 0.2) is 11.9 Å². The SMILES string of the molecule is CCC1Oc2ccc([N+](=O)[O-])nc2N(CCN2CCCCC2)C1=O. The van der Waals surface area contributed by atoms with Gasteiger partial charge in [0.1, 0.15) is 0 Å². The van der Waals surface area contributed by atoms with Gasteiger partial charge in [-0.05, 0) is 48.3 Å².